The zero-order chi connectivity index (χ0) is 12.0. The molecule has 0 aliphatic carbocycles. The Morgan fingerprint density at radius 3 is 2.44 bits per heavy atom. The third kappa shape index (κ3) is 3.96. The van der Waals surface area contributed by atoms with Crippen LogP contribution < -0.4 is 4.74 Å². The van der Waals surface area contributed by atoms with Gasteiger partial charge in [-0.1, -0.05) is 32.0 Å². The topological polar surface area (TPSA) is 18.5 Å². The van der Waals surface area contributed by atoms with Gasteiger partial charge in [0.2, 0.25) is 0 Å². The third-order valence-electron chi connectivity index (χ3n) is 2.01. The van der Waals surface area contributed by atoms with Crippen LogP contribution in [0.2, 0.25) is 0 Å². The van der Waals surface area contributed by atoms with Crippen LogP contribution in [0.1, 0.15) is 20.8 Å². The fraction of sp³-hybridized carbons (Fsp3) is 0.429. The van der Waals surface area contributed by atoms with E-state index < -0.39 is 5.79 Å². The number of ether oxygens (including phenoxy) is 2. The first-order chi connectivity index (χ1) is 7.56. The standard InChI is InChI=1S/C14H18O2/c1-5-14(4,15-11-12(2)3)16-13-9-7-6-8-10-13/h1,6-10,12H,11H2,2-4H3. The molecular formula is C14H18O2. The van der Waals surface area contributed by atoms with Crippen LogP contribution >= 0.6 is 0 Å². The number of para-hydroxylation sites is 1. The molecule has 0 N–H and O–H groups in total. The van der Waals surface area contributed by atoms with Crippen LogP contribution in [0.25, 0.3) is 0 Å². The first-order valence-electron chi connectivity index (χ1n) is 5.41. The molecule has 2 nitrogen and oxygen atoms in total. The van der Waals surface area contributed by atoms with Crippen molar-refractivity contribution in [2.24, 2.45) is 5.92 Å². The number of hydrogen-bond donors (Lipinski definition) is 0. The van der Waals surface area contributed by atoms with Gasteiger partial charge in [0.15, 0.2) is 0 Å². The summed E-state index contributed by atoms with van der Waals surface area (Å²) in [5.41, 5.74) is 0. The highest BCUT2D eigenvalue weighted by atomic mass is 16.7. The fourth-order valence-corrected chi connectivity index (χ4v) is 1.14. The first kappa shape index (κ1) is 12.6. The highest BCUT2D eigenvalue weighted by Gasteiger charge is 2.24. The minimum Gasteiger partial charge on any atom is -0.451 e. The van der Waals surface area contributed by atoms with E-state index in [0.717, 1.165) is 0 Å². The van der Waals surface area contributed by atoms with Crippen molar-refractivity contribution in [3.05, 3.63) is 30.3 Å². The molecule has 1 aromatic rings. The van der Waals surface area contributed by atoms with Crippen LogP contribution in [0.5, 0.6) is 5.75 Å². The zero-order valence-electron chi connectivity index (χ0n) is 10.1. The summed E-state index contributed by atoms with van der Waals surface area (Å²) < 4.78 is 11.2. The first-order valence-corrected chi connectivity index (χ1v) is 5.41. The van der Waals surface area contributed by atoms with E-state index in [4.69, 9.17) is 15.9 Å². The summed E-state index contributed by atoms with van der Waals surface area (Å²) in [6.07, 6.45) is 5.44. The molecular weight excluding hydrogens is 200 g/mol. The molecule has 0 spiro atoms. The van der Waals surface area contributed by atoms with E-state index in [-0.39, 0.29) is 0 Å². The maximum atomic E-state index is 5.64. The van der Waals surface area contributed by atoms with Crippen molar-refractivity contribution in [3.63, 3.8) is 0 Å². The Kier molecular flexibility index (Phi) is 4.39. The monoisotopic (exact) mass is 218 g/mol. The molecule has 1 aromatic carbocycles. The predicted octanol–water partition coefficient (Wildman–Crippen LogP) is 3.09. The van der Waals surface area contributed by atoms with Gasteiger partial charge in [-0.2, -0.15) is 0 Å². The second-order valence-electron chi connectivity index (χ2n) is 4.21. The van der Waals surface area contributed by atoms with E-state index in [9.17, 15) is 0 Å². The minimum atomic E-state index is -0.994. The lowest BCUT2D eigenvalue weighted by molar-refractivity contribution is -0.132. The quantitative estimate of drug-likeness (QED) is 0.558. The summed E-state index contributed by atoms with van der Waals surface area (Å²) in [7, 11) is 0. The number of terminal acetylenes is 1. The summed E-state index contributed by atoms with van der Waals surface area (Å²) >= 11 is 0. The van der Waals surface area contributed by atoms with Crippen LogP contribution in [-0.4, -0.2) is 12.4 Å². The van der Waals surface area contributed by atoms with Crippen LogP contribution in [-0.2, 0) is 4.74 Å². The second kappa shape index (κ2) is 5.58. The van der Waals surface area contributed by atoms with Gasteiger partial charge in [0.1, 0.15) is 5.75 Å². The zero-order valence-corrected chi connectivity index (χ0v) is 10.1. The lowest BCUT2D eigenvalue weighted by atomic mass is 10.2. The Balaban J connectivity index is 2.64. The van der Waals surface area contributed by atoms with Crippen molar-refractivity contribution in [2.45, 2.75) is 26.6 Å². The highest BCUT2D eigenvalue weighted by molar-refractivity contribution is 5.23. The van der Waals surface area contributed by atoms with Gasteiger partial charge in [0, 0.05) is 6.92 Å². The average Bonchev–Trinajstić information content (AvgIpc) is 2.28. The predicted molar refractivity (Wildman–Crippen MR) is 65.1 cm³/mol. The van der Waals surface area contributed by atoms with Gasteiger partial charge >= 0.3 is 0 Å². The number of benzene rings is 1. The second-order valence-corrected chi connectivity index (χ2v) is 4.21. The smallest absolute Gasteiger partial charge is 0.272 e. The molecule has 16 heavy (non-hydrogen) atoms. The molecule has 0 heterocycles. The lowest BCUT2D eigenvalue weighted by Crippen LogP contribution is -2.35. The molecule has 0 saturated heterocycles. The fourth-order valence-electron chi connectivity index (χ4n) is 1.14. The summed E-state index contributed by atoms with van der Waals surface area (Å²) in [6, 6.07) is 9.43. The Bertz CT molecular complexity index is 351. The van der Waals surface area contributed by atoms with E-state index >= 15 is 0 Å². The van der Waals surface area contributed by atoms with E-state index in [2.05, 4.69) is 19.8 Å². The summed E-state index contributed by atoms with van der Waals surface area (Å²) in [5, 5.41) is 0. The van der Waals surface area contributed by atoms with Gasteiger partial charge in [-0.15, -0.1) is 6.42 Å². The van der Waals surface area contributed by atoms with Gasteiger partial charge in [-0.05, 0) is 24.0 Å². The molecule has 0 amide bonds. The van der Waals surface area contributed by atoms with E-state index in [1.165, 1.54) is 0 Å². The van der Waals surface area contributed by atoms with Gasteiger partial charge in [-0.3, -0.25) is 0 Å². The van der Waals surface area contributed by atoms with Crippen LogP contribution in [0, 0.1) is 18.3 Å². The number of rotatable bonds is 5. The van der Waals surface area contributed by atoms with Crippen molar-refractivity contribution in [3.8, 4) is 18.1 Å². The maximum Gasteiger partial charge on any atom is 0.272 e. The van der Waals surface area contributed by atoms with Crippen molar-refractivity contribution in [2.75, 3.05) is 6.61 Å². The molecule has 0 bridgehead atoms. The van der Waals surface area contributed by atoms with Gasteiger partial charge in [0.25, 0.3) is 5.79 Å². The Morgan fingerprint density at radius 2 is 1.94 bits per heavy atom. The lowest BCUT2D eigenvalue weighted by Gasteiger charge is -2.26. The van der Waals surface area contributed by atoms with Crippen molar-refractivity contribution >= 4 is 0 Å². The molecule has 0 radical (unpaired) electrons. The molecule has 0 aliphatic heterocycles. The van der Waals surface area contributed by atoms with Crippen LogP contribution in [0.15, 0.2) is 30.3 Å². The SMILES string of the molecule is C#CC(C)(OCC(C)C)Oc1ccccc1. The molecule has 0 aromatic heterocycles. The van der Waals surface area contributed by atoms with E-state index in [0.29, 0.717) is 18.3 Å². The Labute approximate surface area is 97.6 Å². The summed E-state index contributed by atoms with van der Waals surface area (Å²) in [5.74, 6) is 2.68. The third-order valence-corrected chi connectivity index (χ3v) is 2.01. The Morgan fingerprint density at radius 1 is 1.31 bits per heavy atom. The molecule has 86 valence electrons. The molecule has 1 atom stereocenters. The van der Waals surface area contributed by atoms with E-state index in [1.807, 2.05) is 30.3 Å². The van der Waals surface area contributed by atoms with Gasteiger partial charge < -0.3 is 9.47 Å². The molecule has 2 heteroatoms. The maximum absolute atomic E-state index is 5.64. The van der Waals surface area contributed by atoms with Crippen LogP contribution in [0.3, 0.4) is 0 Å². The Hall–Kier alpha value is -1.46. The molecule has 1 rings (SSSR count). The summed E-state index contributed by atoms with van der Waals surface area (Å²) in [6.45, 7) is 6.47. The summed E-state index contributed by atoms with van der Waals surface area (Å²) in [4.78, 5) is 0. The van der Waals surface area contributed by atoms with E-state index in [1.54, 1.807) is 6.92 Å². The number of hydrogen-bond acceptors (Lipinski definition) is 2. The molecule has 0 aliphatic rings. The van der Waals surface area contributed by atoms with Crippen LogP contribution in [0.4, 0.5) is 0 Å². The molecule has 0 saturated carbocycles. The van der Waals surface area contributed by atoms with Crippen molar-refractivity contribution in [1.82, 2.24) is 0 Å². The van der Waals surface area contributed by atoms with Crippen molar-refractivity contribution in [1.29, 1.82) is 0 Å². The van der Waals surface area contributed by atoms with Gasteiger partial charge in [0.05, 0.1) is 6.61 Å². The van der Waals surface area contributed by atoms with Crippen molar-refractivity contribution < 1.29 is 9.47 Å². The molecule has 1 unspecified atom stereocenters. The average molecular weight is 218 g/mol. The highest BCUT2D eigenvalue weighted by Crippen LogP contribution is 2.19. The normalized spacial score (nSPS) is 14.2. The molecule has 0 fully saturated rings. The minimum absolute atomic E-state index is 0.423. The van der Waals surface area contributed by atoms with Gasteiger partial charge in [-0.25, -0.2) is 0 Å². The largest absolute Gasteiger partial charge is 0.451 e.